The fourth-order valence-electron chi connectivity index (χ4n) is 3.74. The average Bonchev–Trinajstić information content (AvgIpc) is 2.73. The minimum atomic E-state index is -1.24. The van der Waals surface area contributed by atoms with E-state index in [9.17, 15) is 24.3 Å². The Kier molecular flexibility index (Phi) is 18.1. The van der Waals surface area contributed by atoms with E-state index >= 15 is 0 Å². The Labute approximate surface area is 199 Å². The van der Waals surface area contributed by atoms with Gasteiger partial charge in [0.25, 0.3) is 0 Å². The first-order valence-electron chi connectivity index (χ1n) is 12.8. The number of carboxylic acid groups (broad SMARTS) is 1. The Morgan fingerprint density at radius 2 is 1.27 bits per heavy atom. The maximum absolute atomic E-state index is 12.6. The molecule has 0 spiro atoms. The molecule has 5 N–H and O–H groups in total. The highest BCUT2D eigenvalue weighted by atomic mass is 16.4. The van der Waals surface area contributed by atoms with Gasteiger partial charge in [-0.1, -0.05) is 85.0 Å². The van der Waals surface area contributed by atoms with Crippen LogP contribution >= 0.6 is 0 Å². The van der Waals surface area contributed by atoms with Gasteiger partial charge in [-0.15, -0.1) is 0 Å². The molecule has 3 amide bonds. The third kappa shape index (κ3) is 18.0. The second kappa shape index (κ2) is 19.4. The maximum atomic E-state index is 12.6. The highest BCUT2D eigenvalue weighted by molar-refractivity contribution is 5.90. The Hall–Kier alpha value is -2.12. The van der Waals surface area contributed by atoms with Gasteiger partial charge in [-0.05, 0) is 25.2 Å². The summed E-state index contributed by atoms with van der Waals surface area (Å²) in [4.78, 5) is 47.3. The van der Waals surface area contributed by atoms with Crippen molar-refractivity contribution < 1.29 is 24.3 Å². The van der Waals surface area contributed by atoms with E-state index in [0.29, 0.717) is 12.8 Å². The highest BCUT2D eigenvalue weighted by Crippen LogP contribution is 2.12. The summed E-state index contributed by atoms with van der Waals surface area (Å²) in [5.41, 5.74) is 5.08. The molecule has 0 fully saturated rings. The number of unbranched alkanes of at least 4 members (excludes halogenated alkanes) is 10. The molecule has 0 unspecified atom stereocenters. The molecule has 0 saturated heterocycles. The predicted octanol–water partition coefficient (Wildman–Crippen LogP) is 4.05. The standard InChI is InChI=1S/C25H47N3O5/c1-4-5-6-7-8-9-10-11-12-13-14-15-23(30)27-21(18-19(2)3)24(31)28-20(25(32)33)16-17-22(26)29/h19-21H,4-18H2,1-3H3,(H2,26,29)(H,27,30)(H,28,31)(H,32,33)/t20-,21+/m1/s1. The van der Waals surface area contributed by atoms with E-state index in [1.165, 1.54) is 51.4 Å². The number of carbonyl (C=O) groups excluding carboxylic acids is 3. The van der Waals surface area contributed by atoms with Crippen LogP contribution in [-0.2, 0) is 19.2 Å². The molecule has 0 aromatic heterocycles. The van der Waals surface area contributed by atoms with Gasteiger partial charge in [-0.25, -0.2) is 4.79 Å². The molecule has 0 rings (SSSR count). The fraction of sp³-hybridized carbons (Fsp3) is 0.840. The number of nitrogens with one attached hydrogen (secondary N) is 2. The molecule has 0 aliphatic carbocycles. The van der Waals surface area contributed by atoms with Gasteiger partial charge in [0.05, 0.1) is 0 Å². The molecule has 8 nitrogen and oxygen atoms in total. The largest absolute Gasteiger partial charge is 0.480 e. The van der Waals surface area contributed by atoms with E-state index in [2.05, 4.69) is 17.6 Å². The number of primary amides is 1. The molecule has 0 heterocycles. The smallest absolute Gasteiger partial charge is 0.326 e. The van der Waals surface area contributed by atoms with Crippen molar-refractivity contribution >= 4 is 23.7 Å². The van der Waals surface area contributed by atoms with Crippen LogP contribution in [0.3, 0.4) is 0 Å². The molecule has 0 aliphatic heterocycles. The SMILES string of the molecule is CCCCCCCCCCCCCC(=O)N[C@@H](CC(C)C)C(=O)N[C@H](CCC(N)=O)C(=O)O. The van der Waals surface area contributed by atoms with Crippen LogP contribution in [0, 0.1) is 5.92 Å². The number of hydrogen-bond acceptors (Lipinski definition) is 4. The lowest BCUT2D eigenvalue weighted by molar-refractivity contribution is -0.142. The summed E-state index contributed by atoms with van der Waals surface area (Å²) in [7, 11) is 0. The number of carbonyl (C=O) groups is 4. The molecule has 2 atom stereocenters. The van der Waals surface area contributed by atoms with E-state index in [4.69, 9.17) is 5.73 Å². The van der Waals surface area contributed by atoms with Gasteiger partial charge in [-0.2, -0.15) is 0 Å². The van der Waals surface area contributed by atoms with Crippen LogP contribution in [0.1, 0.15) is 117 Å². The van der Waals surface area contributed by atoms with Gasteiger partial charge in [0.2, 0.25) is 17.7 Å². The van der Waals surface area contributed by atoms with Crippen LogP contribution in [0.5, 0.6) is 0 Å². The molecule has 0 saturated carbocycles. The third-order valence-corrected chi connectivity index (χ3v) is 5.66. The Morgan fingerprint density at radius 1 is 0.758 bits per heavy atom. The van der Waals surface area contributed by atoms with Crippen molar-refractivity contribution in [2.45, 2.75) is 129 Å². The lowest BCUT2D eigenvalue weighted by Gasteiger charge is -2.22. The van der Waals surface area contributed by atoms with Crippen molar-refractivity contribution in [2.75, 3.05) is 0 Å². The van der Waals surface area contributed by atoms with Crippen LogP contribution < -0.4 is 16.4 Å². The number of hydrogen-bond donors (Lipinski definition) is 4. The molecule has 33 heavy (non-hydrogen) atoms. The molecular formula is C25H47N3O5. The topological polar surface area (TPSA) is 139 Å². The van der Waals surface area contributed by atoms with Crippen molar-refractivity contribution in [2.24, 2.45) is 11.7 Å². The third-order valence-electron chi connectivity index (χ3n) is 5.66. The minimum Gasteiger partial charge on any atom is -0.480 e. The second-order valence-electron chi connectivity index (χ2n) is 9.44. The van der Waals surface area contributed by atoms with Crippen LogP contribution in [-0.4, -0.2) is 40.9 Å². The lowest BCUT2D eigenvalue weighted by Crippen LogP contribution is -2.52. The molecule has 0 bridgehead atoms. The summed E-state index contributed by atoms with van der Waals surface area (Å²) in [6.45, 7) is 6.08. The molecule has 0 aromatic rings. The van der Waals surface area contributed by atoms with Crippen LogP contribution in [0.2, 0.25) is 0 Å². The normalized spacial score (nSPS) is 12.8. The zero-order valence-electron chi connectivity index (χ0n) is 21.0. The van der Waals surface area contributed by atoms with Gasteiger partial charge in [-0.3, -0.25) is 14.4 Å². The first-order chi connectivity index (χ1) is 15.7. The van der Waals surface area contributed by atoms with E-state index in [-0.39, 0.29) is 24.7 Å². The summed E-state index contributed by atoms with van der Waals surface area (Å²) in [5, 5.41) is 14.5. The van der Waals surface area contributed by atoms with Crippen molar-refractivity contribution in [1.29, 1.82) is 0 Å². The molecular weight excluding hydrogens is 422 g/mol. The summed E-state index contributed by atoms with van der Waals surface area (Å²) in [5.74, 6) is -2.48. The number of rotatable bonds is 21. The summed E-state index contributed by atoms with van der Waals surface area (Å²) in [6, 6.07) is -2.02. The lowest BCUT2D eigenvalue weighted by atomic mass is 10.0. The Morgan fingerprint density at radius 3 is 1.73 bits per heavy atom. The summed E-state index contributed by atoms with van der Waals surface area (Å²) < 4.78 is 0. The van der Waals surface area contributed by atoms with Crippen LogP contribution in [0.15, 0.2) is 0 Å². The van der Waals surface area contributed by atoms with E-state index in [1.807, 2.05) is 13.8 Å². The first kappa shape index (κ1) is 30.9. The zero-order valence-corrected chi connectivity index (χ0v) is 21.0. The average molecular weight is 470 g/mol. The van der Waals surface area contributed by atoms with E-state index in [1.54, 1.807) is 0 Å². The maximum Gasteiger partial charge on any atom is 0.326 e. The van der Waals surface area contributed by atoms with Crippen molar-refractivity contribution in [3.05, 3.63) is 0 Å². The van der Waals surface area contributed by atoms with Gasteiger partial charge < -0.3 is 21.5 Å². The Balaban J connectivity index is 4.30. The van der Waals surface area contributed by atoms with Gasteiger partial charge >= 0.3 is 5.97 Å². The molecule has 0 aliphatic rings. The molecule has 8 heteroatoms. The fourth-order valence-corrected chi connectivity index (χ4v) is 3.74. The van der Waals surface area contributed by atoms with E-state index in [0.717, 1.165) is 19.3 Å². The predicted molar refractivity (Wildman–Crippen MR) is 130 cm³/mol. The number of aliphatic carboxylic acids is 1. The van der Waals surface area contributed by atoms with Crippen molar-refractivity contribution in [3.8, 4) is 0 Å². The van der Waals surface area contributed by atoms with Crippen LogP contribution in [0.25, 0.3) is 0 Å². The quantitative estimate of drug-likeness (QED) is 0.188. The van der Waals surface area contributed by atoms with E-state index < -0.39 is 29.9 Å². The zero-order chi connectivity index (χ0) is 25.1. The summed E-state index contributed by atoms with van der Waals surface area (Å²) in [6.07, 6.45) is 13.7. The van der Waals surface area contributed by atoms with Crippen molar-refractivity contribution in [1.82, 2.24) is 10.6 Å². The first-order valence-corrected chi connectivity index (χ1v) is 12.8. The van der Waals surface area contributed by atoms with Gasteiger partial charge in [0.15, 0.2) is 0 Å². The Bertz CT molecular complexity index is 580. The van der Waals surface area contributed by atoms with Gasteiger partial charge in [0, 0.05) is 12.8 Å². The second-order valence-corrected chi connectivity index (χ2v) is 9.44. The van der Waals surface area contributed by atoms with Crippen LogP contribution in [0.4, 0.5) is 0 Å². The number of nitrogens with two attached hydrogens (primary N) is 1. The van der Waals surface area contributed by atoms with Gasteiger partial charge in [0.1, 0.15) is 12.1 Å². The molecule has 0 radical (unpaired) electrons. The monoisotopic (exact) mass is 469 g/mol. The molecule has 0 aromatic carbocycles. The number of carboxylic acids is 1. The molecule has 192 valence electrons. The van der Waals surface area contributed by atoms with Crippen molar-refractivity contribution in [3.63, 3.8) is 0 Å². The number of amides is 3. The highest BCUT2D eigenvalue weighted by Gasteiger charge is 2.27. The minimum absolute atomic E-state index is 0.0858. The summed E-state index contributed by atoms with van der Waals surface area (Å²) >= 11 is 0.